The van der Waals surface area contributed by atoms with E-state index in [4.69, 9.17) is 14.2 Å². The Balaban J connectivity index is 3.32. The Labute approximate surface area is 114 Å². The first-order valence-corrected chi connectivity index (χ1v) is 6.10. The minimum absolute atomic E-state index is 0.329. The standard InChI is InChI=1S/C14H21NO4/c1-6-19-14(16)13-10(9-15(2)3)7-11(17-4)8-12(13)18-5/h7-8H,6,9H2,1-5H3. The molecule has 0 aliphatic heterocycles. The molecule has 0 heterocycles. The van der Waals surface area contributed by atoms with Crippen LogP contribution in [0, 0.1) is 0 Å². The Morgan fingerprint density at radius 1 is 1.21 bits per heavy atom. The summed E-state index contributed by atoms with van der Waals surface area (Å²) in [7, 11) is 6.97. The van der Waals surface area contributed by atoms with Gasteiger partial charge in [0, 0.05) is 12.6 Å². The van der Waals surface area contributed by atoms with E-state index in [2.05, 4.69) is 0 Å². The predicted molar refractivity (Wildman–Crippen MR) is 72.9 cm³/mol. The number of methoxy groups -OCH3 is 2. The molecule has 0 aliphatic carbocycles. The van der Waals surface area contributed by atoms with Gasteiger partial charge in [-0.25, -0.2) is 4.79 Å². The maximum Gasteiger partial charge on any atom is 0.342 e. The van der Waals surface area contributed by atoms with Crippen LogP contribution in [0.25, 0.3) is 0 Å². The molecule has 0 saturated carbocycles. The van der Waals surface area contributed by atoms with Crippen molar-refractivity contribution in [1.82, 2.24) is 4.90 Å². The fourth-order valence-corrected chi connectivity index (χ4v) is 1.82. The fourth-order valence-electron chi connectivity index (χ4n) is 1.82. The lowest BCUT2D eigenvalue weighted by atomic mass is 10.1. The number of benzene rings is 1. The number of carbonyl (C=O) groups excluding carboxylic acids is 1. The van der Waals surface area contributed by atoms with Crippen molar-refractivity contribution in [3.8, 4) is 11.5 Å². The van der Waals surface area contributed by atoms with Crippen LogP contribution in [0.3, 0.4) is 0 Å². The normalized spacial score (nSPS) is 10.4. The summed E-state index contributed by atoms with van der Waals surface area (Å²) in [5, 5.41) is 0. The number of ether oxygens (including phenoxy) is 3. The lowest BCUT2D eigenvalue weighted by Gasteiger charge is -2.17. The summed E-state index contributed by atoms with van der Waals surface area (Å²) in [6, 6.07) is 3.51. The van der Waals surface area contributed by atoms with Gasteiger partial charge < -0.3 is 19.1 Å². The third-order valence-electron chi connectivity index (χ3n) is 2.58. The molecule has 0 aliphatic rings. The molecule has 0 aromatic heterocycles. The van der Waals surface area contributed by atoms with Crippen molar-refractivity contribution in [1.29, 1.82) is 0 Å². The first-order chi connectivity index (χ1) is 9.03. The van der Waals surface area contributed by atoms with E-state index in [1.165, 1.54) is 7.11 Å². The molecule has 0 amide bonds. The molecule has 1 aromatic carbocycles. The van der Waals surface area contributed by atoms with Crippen LogP contribution in [0.2, 0.25) is 0 Å². The van der Waals surface area contributed by atoms with E-state index >= 15 is 0 Å². The highest BCUT2D eigenvalue weighted by molar-refractivity contribution is 5.94. The van der Waals surface area contributed by atoms with Crippen LogP contribution in [-0.2, 0) is 11.3 Å². The molecule has 0 unspecified atom stereocenters. The van der Waals surface area contributed by atoms with Crippen molar-refractivity contribution >= 4 is 5.97 Å². The molecular weight excluding hydrogens is 246 g/mol. The molecule has 0 spiro atoms. The number of hydrogen-bond donors (Lipinski definition) is 0. The molecule has 1 aromatic rings. The molecular formula is C14H21NO4. The van der Waals surface area contributed by atoms with Crippen LogP contribution in [0.15, 0.2) is 12.1 Å². The topological polar surface area (TPSA) is 48.0 Å². The van der Waals surface area contributed by atoms with Gasteiger partial charge >= 0.3 is 5.97 Å². The van der Waals surface area contributed by atoms with Crippen molar-refractivity contribution in [2.45, 2.75) is 13.5 Å². The molecule has 5 heteroatoms. The smallest absolute Gasteiger partial charge is 0.342 e. The van der Waals surface area contributed by atoms with Crippen molar-refractivity contribution in [3.63, 3.8) is 0 Å². The lowest BCUT2D eigenvalue weighted by molar-refractivity contribution is 0.0520. The van der Waals surface area contributed by atoms with Gasteiger partial charge in [0.25, 0.3) is 0 Å². The molecule has 0 N–H and O–H groups in total. The van der Waals surface area contributed by atoms with Gasteiger partial charge in [-0.05, 0) is 32.6 Å². The third kappa shape index (κ3) is 3.86. The molecule has 1 rings (SSSR count). The summed E-state index contributed by atoms with van der Waals surface area (Å²) < 4.78 is 15.6. The Morgan fingerprint density at radius 3 is 2.37 bits per heavy atom. The Hall–Kier alpha value is -1.75. The largest absolute Gasteiger partial charge is 0.497 e. The molecule has 0 saturated heterocycles. The molecule has 0 radical (unpaired) electrons. The van der Waals surface area contributed by atoms with E-state index in [1.54, 1.807) is 20.1 Å². The molecule has 106 valence electrons. The zero-order valence-corrected chi connectivity index (χ0v) is 12.1. The van der Waals surface area contributed by atoms with Crippen LogP contribution in [0.1, 0.15) is 22.8 Å². The van der Waals surface area contributed by atoms with Gasteiger partial charge in [-0.3, -0.25) is 0 Å². The maximum atomic E-state index is 12.1. The number of nitrogens with zero attached hydrogens (tertiary/aromatic N) is 1. The average Bonchev–Trinajstić information content (AvgIpc) is 2.37. The highest BCUT2D eigenvalue weighted by Crippen LogP contribution is 2.30. The second-order valence-corrected chi connectivity index (χ2v) is 4.32. The first-order valence-electron chi connectivity index (χ1n) is 6.10. The van der Waals surface area contributed by atoms with E-state index < -0.39 is 0 Å². The molecule has 0 bridgehead atoms. The van der Waals surface area contributed by atoms with Crippen molar-refractivity contribution in [2.75, 3.05) is 34.9 Å². The minimum Gasteiger partial charge on any atom is -0.497 e. The molecule has 19 heavy (non-hydrogen) atoms. The number of rotatable bonds is 6. The monoisotopic (exact) mass is 267 g/mol. The van der Waals surface area contributed by atoms with Gasteiger partial charge in [0.15, 0.2) is 0 Å². The van der Waals surface area contributed by atoms with E-state index in [1.807, 2.05) is 25.1 Å². The second-order valence-electron chi connectivity index (χ2n) is 4.32. The summed E-state index contributed by atoms with van der Waals surface area (Å²) in [5.41, 5.74) is 1.28. The van der Waals surface area contributed by atoms with Crippen LogP contribution < -0.4 is 9.47 Å². The van der Waals surface area contributed by atoms with Gasteiger partial charge in [0.2, 0.25) is 0 Å². The Bertz CT molecular complexity index is 443. The zero-order chi connectivity index (χ0) is 14.4. The van der Waals surface area contributed by atoms with Gasteiger partial charge in [-0.1, -0.05) is 0 Å². The highest BCUT2D eigenvalue weighted by Gasteiger charge is 2.20. The van der Waals surface area contributed by atoms with Gasteiger partial charge in [0.05, 0.1) is 20.8 Å². The van der Waals surface area contributed by atoms with Crippen LogP contribution in [-0.4, -0.2) is 45.8 Å². The summed E-state index contributed by atoms with van der Waals surface area (Å²) in [5.74, 6) is 0.746. The summed E-state index contributed by atoms with van der Waals surface area (Å²) in [6.07, 6.45) is 0. The summed E-state index contributed by atoms with van der Waals surface area (Å²) >= 11 is 0. The summed E-state index contributed by atoms with van der Waals surface area (Å²) in [4.78, 5) is 14.0. The zero-order valence-electron chi connectivity index (χ0n) is 12.1. The number of esters is 1. The van der Waals surface area contributed by atoms with E-state index in [9.17, 15) is 4.79 Å². The highest BCUT2D eigenvalue weighted by atomic mass is 16.5. The number of carbonyl (C=O) groups is 1. The first kappa shape index (κ1) is 15.3. The lowest BCUT2D eigenvalue weighted by Crippen LogP contribution is -2.16. The fraction of sp³-hybridized carbons (Fsp3) is 0.500. The van der Waals surface area contributed by atoms with Crippen LogP contribution in [0.5, 0.6) is 11.5 Å². The summed E-state index contributed by atoms with van der Waals surface area (Å²) in [6.45, 7) is 2.71. The molecule has 0 fully saturated rings. The van der Waals surface area contributed by atoms with Crippen molar-refractivity contribution in [3.05, 3.63) is 23.3 Å². The number of hydrogen-bond acceptors (Lipinski definition) is 5. The average molecular weight is 267 g/mol. The third-order valence-corrected chi connectivity index (χ3v) is 2.58. The SMILES string of the molecule is CCOC(=O)c1c(CN(C)C)cc(OC)cc1OC. The van der Waals surface area contributed by atoms with Crippen molar-refractivity contribution in [2.24, 2.45) is 0 Å². The van der Waals surface area contributed by atoms with E-state index in [-0.39, 0.29) is 5.97 Å². The second kappa shape index (κ2) is 6.99. The maximum absolute atomic E-state index is 12.1. The molecule has 5 nitrogen and oxygen atoms in total. The predicted octanol–water partition coefficient (Wildman–Crippen LogP) is 1.94. The van der Waals surface area contributed by atoms with E-state index in [0.717, 1.165) is 5.56 Å². The van der Waals surface area contributed by atoms with Crippen molar-refractivity contribution < 1.29 is 19.0 Å². The quantitative estimate of drug-likeness (QED) is 0.737. The minimum atomic E-state index is -0.376. The van der Waals surface area contributed by atoms with E-state index in [0.29, 0.717) is 30.2 Å². The van der Waals surface area contributed by atoms with Gasteiger partial charge in [-0.15, -0.1) is 0 Å². The van der Waals surface area contributed by atoms with Crippen LogP contribution >= 0.6 is 0 Å². The molecule has 0 atom stereocenters. The van der Waals surface area contributed by atoms with Gasteiger partial charge in [-0.2, -0.15) is 0 Å². The Kier molecular flexibility index (Phi) is 5.63. The van der Waals surface area contributed by atoms with Gasteiger partial charge in [0.1, 0.15) is 17.1 Å². The van der Waals surface area contributed by atoms with Crippen LogP contribution in [0.4, 0.5) is 0 Å². The Morgan fingerprint density at radius 2 is 1.89 bits per heavy atom.